The summed E-state index contributed by atoms with van der Waals surface area (Å²) in [4.78, 5) is 19.0. The maximum Gasteiger partial charge on any atom is 0.320 e. The average molecular weight is 458 g/mol. The van der Waals surface area contributed by atoms with Crippen LogP contribution >= 0.6 is 0 Å². The van der Waals surface area contributed by atoms with Gasteiger partial charge in [0.25, 0.3) is 0 Å². The molecule has 1 aliphatic heterocycles. The fourth-order valence-corrected chi connectivity index (χ4v) is 4.39. The molecule has 3 heterocycles. The number of hydrogen-bond acceptors (Lipinski definition) is 7. The molecule has 0 unspecified atom stereocenters. The van der Waals surface area contributed by atoms with E-state index in [1.807, 2.05) is 6.07 Å². The first-order chi connectivity index (χ1) is 15.9. The molecule has 1 aliphatic carbocycles. The molecule has 1 aromatic carbocycles. The van der Waals surface area contributed by atoms with Gasteiger partial charge in [-0.2, -0.15) is 0 Å². The van der Waals surface area contributed by atoms with Gasteiger partial charge in [0.2, 0.25) is 0 Å². The molecule has 2 fully saturated rings. The van der Waals surface area contributed by atoms with Crippen LogP contribution in [0, 0.1) is 17.0 Å². The minimum atomic E-state index is -1.03. The summed E-state index contributed by atoms with van der Waals surface area (Å²) in [6.07, 6.45) is 4.17. The van der Waals surface area contributed by atoms with Gasteiger partial charge >= 0.3 is 17.8 Å². The molecule has 2 N–H and O–H groups in total. The highest BCUT2D eigenvalue weighted by Crippen LogP contribution is 2.50. The standard InChI is InChI=1S/C22H21F3N6O2/c23-13-10-22(11-13)5-7-31(8-6-22)18-4-2-15(12-26-18)27-19(32)20-29-30-21(33-20)28-14-1-3-16(24)17(25)9-14/h1-4,9,12-13H,5-8,10-11H2,(H,27,32)(H,28,30). The van der Waals surface area contributed by atoms with Crippen molar-refractivity contribution in [1.82, 2.24) is 15.2 Å². The number of nitrogens with zero attached hydrogens (tertiary/aromatic N) is 4. The van der Waals surface area contributed by atoms with E-state index in [0.29, 0.717) is 18.5 Å². The summed E-state index contributed by atoms with van der Waals surface area (Å²) in [5, 5.41) is 12.6. The summed E-state index contributed by atoms with van der Waals surface area (Å²) in [5.74, 6) is -2.16. The van der Waals surface area contributed by atoms with Gasteiger partial charge in [-0.15, -0.1) is 5.10 Å². The number of hydrogen-bond donors (Lipinski definition) is 2. The molecule has 8 nitrogen and oxygen atoms in total. The molecule has 0 radical (unpaired) electrons. The predicted molar refractivity (Wildman–Crippen MR) is 114 cm³/mol. The van der Waals surface area contributed by atoms with Gasteiger partial charge < -0.3 is 20.0 Å². The first kappa shape index (κ1) is 21.2. The molecule has 2 aliphatic rings. The molecule has 1 saturated heterocycles. The number of benzene rings is 1. The molecule has 1 amide bonds. The maximum atomic E-state index is 13.3. The lowest BCUT2D eigenvalue weighted by Gasteiger charge is -2.49. The highest BCUT2D eigenvalue weighted by atomic mass is 19.2. The van der Waals surface area contributed by atoms with E-state index in [0.717, 1.165) is 43.9 Å². The minimum absolute atomic E-state index is 0.145. The number of aromatic nitrogens is 3. The molecular formula is C22H21F3N6O2. The second-order valence-electron chi connectivity index (χ2n) is 8.52. The van der Waals surface area contributed by atoms with E-state index in [1.54, 1.807) is 6.07 Å². The second-order valence-corrected chi connectivity index (χ2v) is 8.52. The molecule has 172 valence electrons. The smallest absolute Gasteiger partial charge is 0.320 e. The average Bonchev–Trinajstić information content (AvgIpc) is 3.25. The molecule has 1 spiro atoms. The van der Waals surface area contributed by atoms with Crippen molar-refractivity contribution in [1.29, 1.82) is 0 Å². The normalized spacial score (nSPS) is 17.6. The Morgan fingerprint density at radius 1 is 1.06 bits per heavy atom. The number of nitrogens with one attached hydrogen (secondary N) is 2. The van der Waals surface area contributed by atoms with E-state index in [4.69, 9.17) is 4.42 Å². The van der Waals surface area contributed by atoms with Crippen LogP contribution < -0.4 is 15.5 Å². The Labute approximate surface area is 187 Å². The first-order valence-electron chi connectivity index (χ1n) is 10.6. The van der Waals surface area contributed by atoms with Gasteiger partial charge in [0.1, 0.15) is 12.0 Å². The summed E-state index contributed by atoms with van der Waals surface area (Å²) >= 11 is 0. The number of pyridine rings is 1. The van der Waals surface area contributed by atoms with Crippen LogP contribution in [0.25, 0.3) is 0 Å². The highest BCUT2D eigenvalue weighted by molar-refractivity contribution is 6.00. The number of halogens is 3. The van der Waals surface area contributed by atoms with Crippen molar-refractivity contribution in [3.8, 4) is 0 Å². The summed E-state index contributed by atoms with van der Waals surface area (Å²) in [7, 11) is 0. The van der Waals surface area contributed by atoms with Gasteiger partial charge in [0.15, 0.2) is 11.6 Å². The second kappa shape index (κ2) is 8.38. The third-order valence-electron chi connectivity index (χ3n) is 6.25. The highest BCUT2D eigenvalue weighted by Gasteiger charge is 2.46. The lowest BCUT2D eigenvalue weighted by Crippen LogP contribution is -2.48. The van der Waals surface area contributed by atoms with Crippen LogP contribution in [-0.4, -0.2) is 40.3 Å². The Morgan fingerprint density at radius 2 is 1.82 bits per heavy atom. The van der Waals surface area contributed by atoms with E-state index in [-0.39, 0.29) is 23.0 Å². The lowest BCUT2D eigenvalue weighted by atomic mass is 9.62. The number of rotatable bonds is 5. The molecule has 0 atom stereocenters. The minimum Gasteiger partial charge on any atom is -0.399 e. The molecular weight excluding hydrogens is 437 g/mol. The number of carbonyl (C=O) groups excluding carboxylic acids is 1. The van der Waals surface area contributed by atoms with E-state index in [9.17, 15) is 18.0 Å². The summed E-state index contributed by atoms with van der Waals surface area (Å²) < 4.78 is 44.8. The van der Waals surface area contributed by atoms with Crippen LogP contribution in [-0.2, 0) is 0 Å². The number of anilines is 4. The Hall–Kier alpha value is -3.63. The number of alkyl halides is 1. The molecule has 0 bridgehead atoms. The zero-order chi connectivity index (χ0) is 23.0. The Kier molecular flexibility index (Phi) is 5.39. The molecule has 11 heteroatoms. The zero-order valence-electron chi connectivity index (χ0n) is 17.5. The molecule has 1 saturated carbocycles. The lowest BCUT2D eigenvalue weighted by molar-refractivity contribution is 0.00442. The van der Waals surface area contributed by atoms with Gasteiger partial charge in [0, 0.05) is 24.8 Å². The van der Waals surface area contributed by atoms with Crippen LogP contribution in [0.4, 0.5) is 36.4 Å². The van der Waals surface area contributed by atoms with Crippen molar-refractivity contribution in [3.05, 3.63) is 54.1 Å². The summed E-state index contributed by atoms with van der Waals surface area (Å²) in [6, 6.07) is 6.57. The van der Waals surface area contributed by atoms with Gasteiger partial charge in [-0.05, 0) is 55.4 Å². The van der Waals surface area contributed by atoms with Crippen LogP contribution in [0.2, 0.25) is 0 Å². The predicted octanol–water partition coefficient (Wildman–Crippen LogP) is 4.46. The van der Waals surface area contributed by atoms with Crippen LogP contribution in [0.15, 0.2) is 40.9 Å². The largest absolute Gasteiger partial charge is 0.399 e. The van der Waals surface area contributed by atoms with Gasteiger partial charge in [-0.25, -0.2) is 18.2 Å². The Morgan fingerprint density at radius 3 is 2.48 bits per heavy atom. The monoisotopic (exact) mass is 458 g/mol. The molecule has 33 heavy (non-hydrogen) atoms. The number of amides is 1. The Bertz CT molecular complexity index is 1150. The van der Waals surface area contributed by atoms with Crippen molar-refractivity contribution in [3.63, 3.8) is 0 Å². The third kappa shape index (κ3) is 4.48. The van der Waals surface area contributed by atoms with Crippen molar-refractivity contribution in [2.24, 2.45) is 5.41 Å². The van der Waals surface area contributed by atoms with E-state index < -0.39 is 23.7 Å². The number of piperidine rings is 1. The fourth-order valence-electron chi connectivity index (χ4n) is 4.39. The van der Waals surface area contributed by atoms with Crippen molar-refractivity contribution < 1.29 is 22.4 Å². The van der Waals surface area contributed by atoms with Crippen LogP contribution in [0.5, 0.6) is 0 Å². The van der Waals surface area contributed by atoms with Crippen molar-refractivity contribution >= 4 is 29.1 Å². The van der Waals surface area contributed by atoms with Gasteiger partial charge in [-0.1, -0.05) is 5.10 Å². The SMILES string of the molecule is O=C(Nc1ccc(N2CCC3(CC2)CC(F)C3)nc1)c1nnc(Nc2ccc(F)c(F)c2)o1. The molecule has 2 aromatic heterocycles. The zero-order valence-corrected chi connectivity index (χ0v) is 17.5. The molecule has 3 aromatic rings. The first-order valence-corrected chi connectivity index (χ1v) is 10.6. The number of carbonyl (C=O) groups is 1. The third-order valence-corrected chi connectivity index (χ3v) is 6.25. The van der Waals surface area contributed by atoms with Crippen LogP contribution in [0.1, 0.15) is 36.4 Å². The maximum absolute atomic E-state index is 13.3. The Balaban J connectivity index is 1.16. The van der Waals surface area contributed by atoms with Gasteiger partial charge in [0.05, 0.1) is 11.9 Å². The van der Waals surface area contributed by atoms with Crippen molar-refractivity contribution in [2.45, 2.75) is 31.9 Å². The molecule has 5 rings (SSSR count). The van der Waals surface area contributed by atoms with Gasteiger partial charge in [-0.3, -0.25) is 4.79 Å². The van der Waals surface area contributed by atoms with E-state index in [2.05, 4.69) is 30.7 Å². The van der Waals surface area contributed by atoms with Crippen molar-refractivity contribution in [2.75, 3.05) is 28.6 Å². The van der Waals surface area contributed by atoms with E-state index in [1.165, 1.54) is 12.3 Å². The fraction of sp³-hybridized carbons (Fsp3) is 0.364. The van der Waals surface area contributed by atoms with Crippen LogP contribution in [0.3, 0.4) is 0 Å². The summed E-state index contributed by atoms with van der Waals surface area (Å²) in [5.41, 5.74) is 0.812. The van der Waals surface area contributed by atoms with E-state index >= 15 is 0 Å². The summed E-state index contributed by atoms with van der Waals surface area (Å²) in [6.45, 7) is 1.67. The quantitative estimate of drug-likeness (QED) is 0.583. The topological polar surface area (TPSA) is 96.2 Å².